The summed E-state index contributed by atoms with van der Waals surface area (Å²) in [6.07, 6.45) is 5.74. The van der Waals surface area contributed by atoms with Gasteiger partial charge in [0, 0.05) is 42.0 Å². The van der Waals surface area contributed by atoms with Gasteiger partial charge in [-0.15, -0.1) is 12.4 Å². The van der Waals surface area contributed by atoms with Crippen LogP contribution in [0, 0.1) is 0 Å². The lowest BCUT2D eigenvalue weighted by molar-refractivity contribution is -0.122. The molecule has 2 saturated heterocycles. The maximum Gasteiger partial charge on any atom is 0.252 e. The number of piperidine rings is 1. The molecule has 0 aliphatic carbocycles. The highest BCUT2D eigenvalue weighted by molar-refractivity contribution is 7.08. The first-order valence-electron chi connectivity index (χ1n) is 8.06. The minimum absolute atomic E-state index is 0. The molecule has 3 N–H and O–H groups in total. The molecule has 1 aromatic rings. The fourth-order valence-corrected chi connectivity index (χ4v) is 4.06. The maximum atomic E-state index is 12.0. The van der Waals surface area contributed by atoms with Gasteiger partial charge in [-0.05, 0) is 43.6 Å². The summed E-state index contributed by atoms with van der Waals surface area (Å²) in [6, 6.07) is 3.31. The van der Waals surface area contributed by atoms with Crippen molar-refractivity contribution in [3.05, 3.63) is 22.4 Å². The van der Waals surface area contributed by atoms with Crippen molar-refractivity contribution in [2.75, 3.05) is 6.54 Å². The van der Waals surface area contributed by atoms with Gasteiger partial charge < -0.3 is 16.0 Å². The van der Waals surface area contributed by atoms with Crippen LogP contribution in [0.15, 0.2) is 16.8 Å². The van der Waals surface area contributed by atoms with E-state index in [0.717, 1.165) is 12.8 Å². The van der Waals surface area contributed by atoms with Crippen molar-refractivity contribution in [1.29, 1.82) is 0 Å². The van der Waals surface area contributed by atoms with Gasteiger partial charge in [-0.3, -0.25) is 9.59 Å². The fraction of sp³-hybridized carbons (Fsp3) is 0.625. The lowest BCUT2D eigenvalue weighted by Gasteiger charge is -2.29. The van der Waals surface area contributed by atoms with E-state index in [1.807, 2.05) is 10.8 Å². The summed E-state index contributed by atoms with van der Waals surface area (Å²) in [7, 11) is 0. The molecule has 2 fully saturated rings. The molecule has 23 heavy (non-hydrogen) atoms. The Labute approximate surface area is 147 Å². The molecule has 7 heteroatoms. The molecule has 2 aliphatic rings. The number of halogens is 1. The van der Waals surface area contributed by atoms with Gasteiger partial charge in [0.2, 0.25) is 5.91 Å². The Hall–Kier alpha value is -1.11. The van der Waals surface area contributed by atoms with Crippen molar-refractivity contribution >= 4 is 35.6 Å². The molecule has 3 heterocycles. The molecule has 5 nitrogen and oxygen atoms in total. The zero-order chi connectivity index (χ0) is 15.4. The summed E-state index contributed by atoms with van der Waals surface area (Å²) in [5.74, 6) is 0.0488. The highest BCUT2D eigenvalue weighted by atomic mass is 35.5. The SMILES string of the molecule is Cl.O=C(CCCNC(=O)c1ccsc1)NC1CC2CCC(C1)N2. The summed E-state index contributed by atoms with van der Waals surface area (Å²) < 4.78 is 0. The average molecular weight is 358 g/mol. The molecule has 3 rings (SSSR count). The van der Waals surface area contributed by atoms with Crippen molar-refractivity contribution in [1.82, 2.24) is 16.0 Å². The largest absolute Gasteiger partial charge is 0.353 e. The third kappa shape index (κ3) is 5.19. The van der Waals surface area contributed by atoms with Crippen LogP contribution in [0.25, 0.3) is 0 Å². The summed E-state index contributed by atoms with van der Waals surface area (Å²) >= 11 is 1.51. The van der Waals surface area contributed by atoms with Gasteiger partial charge in [0.1, 0.15) is 0 Å². The number of fused-ring (bicyclic) bond motifs is 2. The van der Waals surface area contributed by atoms with Crippen LogP contribution in [0.3, 0.4) is 0 Å². The Morgan fingerprint density at radius 1 is 1.26 bits per heavy atom. The second-order valence-electron chi connectivity index (χ2n) is 6.25. The van der Waals surface area contributed by atoms with E-state index in [9.17, 15) is 9.59 Å². The van der Waals surface area contributed by atoms with Crippen LogP contribution >= 0.6 is 23.7 Å². The molecule has 0 saturated carbocycles. The van der Waals surface area contributed by atoms with Gasteiger partial charge in [0.25, 0.3) is 5.91 Å². The van der Waals surface area contributed by atoms with E-state index in [4.69, 9.17) is 0 Å². The van der Waals surface area contributed by atoms with Crippen molar-refractivity contribution < 1.29 is 9.59 Å². The number of amides is 2. The number of rotatable bonds is 6. The van der Waals surface area contributed by atoms with Crippen LogP contribution in [0.5, 0.6) is 0 Å². The van der Waals surface area contributed by atoms with Gasteiger partial charge >= 0.3 is 0 Å². The number of hydrogen-bond donors (Lipinski definition) is 3. The molecule has 2 unspecified atom stereocenters. The van der Waals surface area contributed by atoms with Crippen LogP contribution in [0.4, 0.5) is 0 Å². The minimum Gasteiger partial charge on any atom is -0.353 e. The average Bonchev–Trinajstić information content (AvgIpc) is 3.13. The molecule has 2 aliphatic heterocycles. The zero-order valence-electron chi connectivity index (χ0n) is 13.0. The monoisotopic (exact) mass is 357 g/mol. The summed E-state index contributed by atoms with van der Waals surface area (Å²) in [5.41, 5.74) is 0.694. The molecular weight excluding hydrogens is 334 g/mol. The van der Waals surface area contributed by atoms with Crippen LogP contribution in [-0.4, -0.2) is 36.5 Å². The first-order valence-corrected chi connectivity index (χ1v) is 9.01. The van der Waals surface area contributed by atoms with Crippen molar-refractivity contribution in [3.63, 3.8) is 0 Å². The van der Waals surface area contributed by atoms with Crippen LogP contribution in [0.2, 0.25) is 0 Å². The van der Waals surface area contributed by atoms with E-state index in [2.05, 4.69) is 16.0 Å². The smallest absolute Gasteiger partial charge is 0.252 e. The molecule has 1 aromatic heterocycles. The highest BCUT2D eigenvalue weighted by Crippen LogP contribution is 2.26. The molecule has 2 atom stereocenters. The molecule has 0 spiro atoms. The molecule has 2 amide bonds. The van der Waals surface area contributed by atoms with E-state index in [1.54, 1.807) is 6.07 Å². The molecule has 0 radical (unpaired) electrons. The fourth-order valence-electron chi connectivity index (χ4n) is 3.42. The normalized spacial score (nSPS) is 25.5. The zero-order valence-corrected chi connectivity index (χ0v) is 14.7. The first kappa shape index (κ1) is 18.2. The third-order valence-corrected chi connectivity index (χ3v) is 5.17. The Balaban J connectivity index is 0.00000192. The number of carbonyl (C=O) groups excluding carboxylic acids is 2. The van der Waals surface area contributed by atoms with Gasteiger partial charge in [-0.2, -0.15) is 11.3 Å². The van der Waals surface area contributed by atoms with E-state index >= 15 is 0 Å². The summed E-state index contributed by atoms with van der Waals surface area (Å²) in [6.45, 7) is 0.541. The van der Waals surface area contributed by atoms with Gasteiger partial charge in [0.15, 0.2) is 0 Å². The number of nitrogens with one attached hydrogen (secondary N) is 3. The molecule has 128 valence electrons. The molecule has 2 bridgehead atoms. The highest BCUT2D eigenvalue weighted by Gasteiger charge is 2.33. The topological polar surface area (TPSA) is 70.2 Å². The number of hydrogen-bond acceptors (Lipinski definition) is 4. The lowest BCUT2D eigenvalue weighted by Crippen LogP contribution is -2.48. The second-order valence-corrected chi connectivity index (χ2v) is 7.03. The standard InChI is InChI=1S/C16H23N3O2S.ClH/c20-15(19-14-8-12-3-4-13(9-14)18-12)2-1-6-17-16(21)11-5-7-22-10-11;/h5,7,10,12-14,18H,1-4,6,8-9H2,(H,17,21)(H,19,20);1H. The van der Waals surface area contributed by atoms with Crippen LogP contribution in [0.1, 0.15) is 48.9 Å². The number of carbonyl (C=O) groups is 2. The van der Waals surface area contributed by atoms with Crippen LogP contribution < -0.4 is 16.0 Å². The summed E-state index contributed by atoms with van der Waals surface area (Å²) in [5, 5.41) is 13.3. The van der Waals surface area contributed by atoms with E-state index in [0.29, 0.717) is 43.1 Å². The van der Waals surface area contributed by atoms with Gasteiger partial charge in [0.05, 0.1) is 0 Å². The Bertz CT molecular complexity index is 511. The quantitative estimate of drug-likeness (QED) is 0.683. The predicted octanol–water partition coefficient (Wildman–Crippen LogP) is 2.08. The summed E-state index contributed by atoms with van der Waals surface area (Å²) in [4.78, 5) is 23.7. The van der Waals surface area contributed by atoms with Crippen LogP contribution in [-0.2, 0) is 4.79 Å². The maximum absolute atomic E-state index is 12.0. The Kier molecular flexibility index (Phi) is 6.87. The molecular formula is C16H24ClN3O2S. The Morgan fingerprint density at radius 2 is 2.00 bits per heavy atom. The first-order chi connectivity index (χ1) is 10.7. The van der Waals surface area contributed by atoms with E-state index in [-0.39, 0.29) is 24.2 Å². The number of thiophene rings is 1. The Morgan fingerprint density at radius 3 is 2.65 bits per heavy atom. The lowest BCUT2D eigenvalue weighted by atomic mass is 9.99. The predicted molar refractivity (Wildman–Crippen MR) is 94.2 cm³/mol. The van der Waals surface area contributed by atoms with Gasteiger partial charge in [-0.25, -0.2) is 0 Å². The second kappa shape index (κ2) is 8.66. The van der Waals surface area contributed by atoms with Gasteiger partial charge in [-0.1, -0.05) is 0 Å². The van der Waals surface area contributed by atoms with Crippen molar-refractivity contribution in [2.24, 2.45) is 0 Å². The van der Waals surface area contributed by atoms with E-state index < -0.39 is 0 Å². The van der Waals surface area contributed by atoms with Crippen molar-refractivity contribution in [2.45, 2.75) is 56.7 Å². The van der Waals surface area contributed by atoms with E-state index in [1.165, 1.54) is 24.2 Å². The third-order valence-electron chi connectivity index (χ3n) is 4.49. The minimum atomic E-state index is -0.0587. The molecule has 0 aromatic carbocycles. The van der Waals surface area contributed by atoms with Crippen molar-refractivity contribution in [3.8, 4) is 0 Å².